The van der Waals surface area contributed by atoms with Gasteiger partial charge in [0.15, 0.2) is 6.29 Å². The zero-order chi connectivity index (χ0) is 44.8. The van der Waals surface area contributed by atoms with Crippen LogP contribution in [0.1, 0.15) is 233 Å². The molecule has 1 aliphatic heterocycles. The smallest absolute Gasteiger partial charge is 0.220 e. The summed E-state index contributed by atoms with van der Waals surface area (Å²) in [7, 11) is 0. The summed E-state index contributed by atoms with van der Waals surface area (Å²) in [5.74, 6) is -0.613. The van der Waals surface area contributed by atoms with Crippen LogP contribution in [-0.2, 0) is 19.1 Å². The first-order valence-corrected chi connectivity index (χ1v) is 25.5. The van der Waals surface area contributed by atoms with E-state index in [-0.39, 0.29) is 31.4 Å². The monoisotopic (exact) mass is 869 g/mol. The largest absolute Gasteiger partial charge is 0.390 e. The summed E-state index contributed by atoms with van der Waals surface area (Å²) in [6.07, 6.45) is 33.6. The lowest BCUT2D eigenvalue weighted by atomic mass is 9.98. The Kier molecular flexibility index (Phi) is 37.6. The standard InChI is InChI=1S/C50H96N2O9/c1-4-6-8-10-12-14-16-18-19-20-21-22-23-24-25-26-28-30-32-34-36-38-45(55)52-42(40-60-50-49(59)48(58)47(57)44(61-50)39-51-41(3)53)46(56)43(54)37-35-33-31-29-27-17-15-13-11-9-7-5-2/h18-19,42-44,46-50,54,56-59H,4-17,20-40H2,1-3H3,(H,51,53)(H,52,55)/b19-18-/t42-,43+,44?,46-,47?,48?,49?,50?/m0/s1. The van der Waals surface area contributed by atoms with Crippen LogP contribution in [-0.4, -0.2) is 99.5 Å². The Bertz CT molecular complexity index is 1050. The van der Waals surface area contributed by atoms with Gasteiger partial charge in [0, 0.05) is 19.9 Å². The molecule has 2 amide bonds. The van der Waals surface area contributed by atoms with Gasteiger partial charge in [-0.3, -0.25) is 9.59 Å². The second-order valence-electron chi connectivity index (χ2n) is 18.2. The quantitative estimate of drug-likeness (QED) is 0.0233. The number of rotatable bonds is 42. The van der Waals surface area contributed by atoms with Gasteiger partial charge < -0.3 is 45.6 Å². The van der Waals surface area contributed by atoms with Crippen LogP contribution in [0, 0.1) is 0 Å². The van der Waals surface area contributed by atoms with Crippen molar-refractivity contribution in [2.45, 2.75) is 282 Å². The van der Waals surface area contributed by atoms with Gasteiger partial charge in [-0.1, -0.05) is 193 Å². The van der Waals surface area contributed by atoms with Crippen LogP contribution in [0.2, 0.25) is 0 Å². The number of hydrogen-bond donors (Lipinski definition) is 7. The van der Waals surface area contributed by atoms with Crippen molar-refractivity contribution in [3.05, 3.63) is 12.2 Å². The molecule has 0 radical (unpaired) electrons. The Labute approximate surface area is 373 Å². The summed E-state index contributed by atoms with van der Waals surface area (Å²) in [6.45, 7) is 5.39. The number of aliphatic hydroxyl groups is 5. The molecular weight excluding hydrogens is 773 g/mol. The fraction of sp³-hybridized carbons (Fsp3) is 0.920. The molecule has 11 nitrogen and oxygen atoms in total. The first-order chi connectivity index (χ1) is 29.6. The first kappa shape index (κ1) is 57.4. The normalized spacial score (nSPS) is 20.8. The summed E-state index contributed by atoms with van der Waals surface area (Å²) in [5.41, 5.74) is 0. The summed E-state index contributed by atoms with van der Waals surface area (Å²) < 4.78 is 11.5. The van der Waals surface area contributed by atoms with Gasteiger partial charge in [-0.25, -0.2) is 0 Å². The average Bonchev–Trinajstić information content (AvgIpc) is 3.24. The molecule has 0 aromatic carbocycles. The SMILES string of the molecule is CCCCCCCC/C=C\CCCCCCCCCCCCCC(=O)N[C@@H](COC1OC(CNC(C)=O)C(O)C(O)C1O)[C@H](O)[C@H](O)CCCCCCCCCCCCCC. The Morgan fingerprint density at radius 3 is 1.48 bits per heavy atom. The minimum absolute atomic E-state index is 0.113. The Hall–Kier alpha value is -1.60. The molecular formula is C50H96N2O9. The van der Waals surface area contributed by atoms with Crippen LogP contribution >= 0.6 is 0 Å². The number of nitrogens with one attached hydrogen (secondary N) is 2. The second kappa shape index (κ2) is 40.0. The third kappa shape index (κ3) is 31.0. The highest BCUT2D eigenvalue weighted by Gasteiger charge is 2.45. The fourth-order valence-corrected chi connectivity index (χ4v) is 8.22. The summed E-state index contributed by atoms with van der Waals surface area (Å²) in [5, 5.41) is 59.1. The molecule has 1 heterocycles. The van der Waals surface area contributed by atoms with E-state index in [4.69, 9.17) is 9.47 Å². The van der Waals surface area contributed by atoms with E-state index in [1.54, 1.807) is 0 Å². The van der Waals surface area contributed by atoms with Gasteiger partial charge in [0.05, 0.1) is 18.8 Å². The Morgan fingerprint density at radius 2 is 1.02 bits per heavy atom. The fourth-order valence-electron chi connectivity index (χ4n) is 8.22. The van der Waals surface area contributed by atoms with E-state index >= 15 is 0 Å². The van der Waals surface area contributed by atoms with Gasteiger partial charge in [0.25, 0.3) is 0 Å². The van der Waals surface area contributed by atoms with Gasteiger partial charge in [-0.15, -0.1) is 0 Å². The molecule has 0 saturated carbocycles. The molecule has 360 valence electrons. The minimum atomic E-state index is -1.61. The van der Waals surface area contributed by atoms with Crippen LogP contribution in [0.15, 0.2) is 12.2 Å². The van der Waals surface area contributed by atoms with Crippen LogP contribution in [0.5, 0.6) is 0 Å². The highest BCUT2D eigenvalue weighted by atomic mass is 16.7. The van der Waals surface area contributed by atoms with Crippen LogP contribution in [0.4, 0.5) is 0 Å². The van der Waals surface area contributed by atoms with E-state index < -0.39 is 49.0 Å². The van der Waals surface area contributed by atoms with Crippen LogP contribution in [0.25, 0.3) is 0 Å². The van der Waals surface area contributed by atoms with Crippen molar-refractivity contribution >= 4 is 11.8 Å². The van der Waals surface area contributed by atoms with E-state index in [0.717, 1.165) is 44.9 Å². The molecule has 0 aromatic rings. The lowest BCUT2D eigenvalue weighted by Gasteiger charge is -2.41. The predicted octanol–water partition coefficient (Wildman–Crippen LogP) is 9.62. The van der Waals surface area contributed by atoms with E-state index in [0.29, 0.717) is 12.8 Å². The highest BCUT2D eigenvalue weighted by Crippen LogP contribution is 2.23. The van der Waals surface area contributed by atoms with Crippen LogP contribution in [0.3, 0.4) is 0 Å². The maximum absolute atomic E-state index is 13.1. The molecule has 61 heavy (non-hydrogen) atoms. The Morgan fingerprint density at radius 1 is 0.590 bits per heavy atom. The zero-order valence-corrected chi connectivity index (χ0v) is 39.4. The van der Waals surface area contributed by atoms with Crippen LogP contribution < -0.4 is 10.6 Å². The van der Waals surface area contributed by atoms with Crippen molar-refractivity contribution in [3.8, 4) is 0 Å². The molecule has 1 fully saturated rings. The van der Waals surface area contributed by atoms with E-state index in [9.17, 15) is 35.1 Å². The number of hydrogen-bond acceptors (Lipinski definition) is 9. The lowest BCUT2D eigenvalue weighted by Crippen LogP contribution is -2.61. The third-order valence-corrected chi connectivity index (χ3v) is 12.3. The number of allylic oxidation sites excluding steroid dienone is 2. The lowest BCUT2D eigenvalue weighted by molar-refractivity contribution is -0.297. The van der Waals surface area contributed by atoms with Gasteiger partial charge in [-0.05, 0) is 38.5 Å². The molecule has 1 rings (SSSR count). The number of unbranched alkanes of at least 4 members (excludes halogenated alkanes) is 28. The molecule has 1 aliphatic rings. The van der Waals surface area contributed by atoms with E-state index in [1.165, 1.54) is 155 Å². The first-order valence-electron chi connectivity index (χ1n) is 25.5. The Balaban J connectivity index is 2.41. The zero-order valence-electron chi connectivity index (χ0n) is 39.4. The van der Waals surface area contributed by atoms with E-state index in [2.05, 4.69) is 36.6 Å². The van der Waals surface area contributed by atoms with Crippen molar-refractivity contribution in [2.75, 3.05) is 13.2 Å². The predicted molar refractivity (Wildman–Crippen MR) is 248 cm³/mol. The summed E-state index contributed by atoms with van der Waals surface area (Å²) >= 11 is 0. The minimum Gasteiger partial charge on any atom is -0.390 e. The molecule has 11 heteroatoms. The molecule has 0 bridgehead atoms. The van der Waals surface area contributed by atoms with Gasteiger partial charge in [0.1, 0.15) is 30.5 Å². The second-order valence-corrected chi connectivity index (χ2v) is 18.2. The number of ether oxygens (including phenoxy) is 2. The molecule has 0 aromatic heterocycles. The summed E-state index contributed by atoms with van der Waals surface area (Å²) in [4.78, 5) is 24.6. The molecule has 1 saturated heterocycles. The number of amides is 2. The van der Waals surface area contributed by atoms with Gasteiger partial charge in [0.2, 0.25) is 11.8 Å². The molecule has 0 spiro atoms. The summed E-state index contributed by atoms with van der Waals surface area (Å²) in [6, 6.07) is -1.00. The van der Waals surface area contributed by atoms with E-state index in [1.807, 2.05) is 0 Å². The van der Waals surface area contributed by atoms with Gasteiger partial charge >= 0.3 is 0 Å². The van der Waals surface area contributed by atoms with Crippen molar-refractivity contribution in [1.82, 2.24) is 10.6 Å². The highest BCUT2D eigenvalue weighted by molar-refractivity contribution is 5.76. The van der Waals surface area contributed by atoms with Crippen molar-refractivity contribution in [3.63, 3.8) is 0 Å². The molecule has 5 unspecified atom stereocenters. The van der Waals surface area contributed by atoms with Gasteiger partial charge in [-0.2, -0.15) is 0 Å². The maximum Gasteiger partial charge on any atom is 0.220 e. The molecule has 7 N–H and O–H groups in total. The topological polar surface area (TPSA) is 178 Å². The van der Waals surface area contributed by atoms with Crippen molar-refractivity contribution < 1.29 is 44.6 Å². The third-order valence-electron chi connectivity index (χ3n) is 12.3. The molecule has 0 aliphatic carbocycles. The number of aliphatic hydroxyl groups excluding tert-OH is 5. The number of carbonyl (C=O) groups excluding carboxylic acids is 2. The number of carbonyl (C=O) groups is 2. The average molecular weight is 869 g/mol. The van der Waals surface area contributed by atoms with Crippen molar-refractivity contribution in [2.24, 2.45) is 0 Å². The van der Waals surface area contributed by atoms with Crippen molar-refractivity contribution in [1.29, 1.82) is 0 Å². The molecule has 8 atom stereocenters. The maximum atomic E-state index is 13.1.